The van der Waals surface area contributed by atoms with Crippen molar-refractivity contribution >= 4 is 17.9 Å². The SMILES string of the molecule is N#Cc1ccc(/C=N/NC(=O)c2cccnc2NCc2ccncc2)cc1. The minimum Gasteiger partial charge on any atom is -0.365 e. The van der Waals surface area contributed by atoms with Crippen molar-refractivity contribution in [1.82, 2.24) is 15.4 Å². The topological polar surface area (TPSA) is 103 Å². The quantitative estimate of drug-likeness (QED) is 0.522. The van der Waals surface area contributed by atoms with Crippen LogP contribution in [-0.4, -0.2) is 22.1 Å². The van der Waals surface area contributed by atoms with E-state index >= 15 is 0 Å². The van der Waals surface area contributed by atoms with Crippen LogP contribution in [0, 0.1) is 11.3 Å². The lowest BCUT2D eigenvalue weighted by Crippen LogP contribution is -2.20. The number of hydrazone groups is 1. The fourth-order valence-electron chi connectivity index (χ4n) is 2.29. The van der Waals surface area contributed by atoms with Crippen LogP contribution in [-0.2, 0) is 6.54 Å². The van der Waals surface area contributed by atoms with Crippen LogP contribution < -0.4 is 10.7 Å². The first-order chi connectivity index (χ1) is 13.3. The molecule has 0 fully saturated rings. The highest BCUT2D eigenvalue weighted by atomic mass is 16.2. The molecule has 132 valence electrons. The summed E-state index contributed by atoms with van der Waals surface area (Å²) < 4.78 is 0. The third-order valence-corrected chi connectivity index (χ3v) is 3.68. The summed E-state index contributed by atoms with van der Waals surface area (Å²) in [5, 5.41) is 15.9. The first kappa shape index (κ1) is 17.8. The highest BCUT2D eigenvalue weighted by Gasteiger charge is 2.11. The largest absolute Gasteiger partial charge is 0.365 e. The molecule has 1 amide bonds. The number of hydrogen-bond donors (Lipinski definition) is 2. The average Bonchev–Trinajstić information content (AvgIpc) is 2.73. The van der Waals surface area contributed by atoms with Gasteiger partial charge in [-0.2, -0.15) is 10.4 Å². The summed E-state index contributed by atoms with van der Waals surface area (Å²) in [6, 6.07) is 16.1. The van der Waals surface area contributed by atoms with Crippen LogP contribution in [0.25, 0.3) is 0 Å². The van der Waals surface area contributed by atoms with Crippen molar-refractivity contribution in [2.45, 2.75) is 6.54 Å². The molecule has 27 heavy (non-hydrogen) atoms. The first-order valence-corrected chi connectivity index (χ1v) is 8.17. The van der Waals surface area contributed by atoms with Gasteiger partial charge in [0.1, 0.15) is 5.82 Å². The zero-order valence-corrected chi connectivity index (χ0v) is 14.3. The Balaban J connectivity index is 1.64. The lowest BCUT2D eigenvalue weighted by Gasteiger charge is -2.09. The van der Waals surface area contributed by atoms with E-state index in [9.17, 15) is 4.79 Å². The number of carbonyl (C=O) groups excluding carboxylic acids is 1. The van der Waals surface area contributed by atoms with Gasteiger partial charge < -0.3 is 5.32 Å². The van der Waals surface area contributed by atoms with Crippen LogP contribution in [0.3, 0.4) is 0 Å². The summed E-state index contributed by atoms with van der Waals surface area (Å²) in [5.74, 6) is 0.102. The first-order valence-electron chi connectivity index (χ1n) is 8.17. The molecule has 7 heteroatoms. The van der Waals surface area contributed by atoms with Gasteiger partial charge in [-0.3, -0.25) is 9.78 Å². The number of hydrogen-bond acceptors (Lipinski definition) is 6. The maximum atomic E-state index is 12.4. The molecule has 2 N–H and O–H groups in total. The number of anilines is 1. The number of pyridine rings is 2. The molecule has 1 aromatic carbocycles. The highest BCUT2D eigenvalue weighted by molar-refractivity contribution is 5.99. The summed E-state index contributed by atoms with van der Waals surface area (Å²) in [5.41, 5.74) is 5.25. The Bertz CT molecular complexity index is 977. The van der Waals surface area contributed by atoms with E-state index in [-0.39, 0.29) is 5.91 Å². The molecule has 0 bridgehead atoms. The van der Waals surface area contributed by atoms with Crippen molar-refractivity contribution in [3.63, 3.8) is 0 Å². The smallest absolute Gasteiger partial charge is 0.275 e. The van der Waals surface area contributed by atoms with E-state index in [1.165, 1.54) is 6.21 Å². The lowest BCUT2D eigenvalue weighted by molar-refractivity contribution is 0.0955. The molecular formula is C20H16N6O. The number of nitriles is 1. The Morgan fingerprint density at radius 3 is 2.63 bits per heavy atom. The Morgan fingerprint density at radius 2 is 1.89 bits per heavy atom. The second-order valence-corrected chi connectivity index (χ2v) is 5.54. The number of carbonyl (C=O) groups is 1. The average molecular weight is 356 g/mol. The van der Waals surface area contributed by atoms with Crippen LogP contribution in [0.4, 0.5) is 5.82 Å². The van der Waals surface area contributed by atoms with E-state index < -0.39 is 0 Å². The Morgan fingerprint density at radius 1 is 1.11 bits per heavy atom. The zero-order valence-electron chi connectivity index (χ0n) is 14.3. The molecule has 3 rings (SSSR count). The van der Waals surface area contributed by atoms with Gasteiger partial charge in [0.2, 0.25) is 0 Å². The van der Waals surface area contributed by atoms with Crippen molar-refractivity contribution in [2.24, 2.45) is 5.10 Å². The molecule has 0 aliphatic carbocycles. The van der Waals surface area contributed by atoms with Crippen molar-refractivity contribution < 1.29 is 4.79 Å². The fourth-order valence-corrected chi connectivity index (χ4v) is 2.29. The molecule has 0 atom stereocenters. The van der Waals surface area contributed by atoms with E-state index in [1.54, 1.807) is 55.0 Å². The van der Waals surface area contributed by atoms with Crippen molar-refractivity contribution in [3.05, 3.63) is 89.4 Å². The molecule has 0 aliphatic rings. The molecule has 0 unspecified atom stereocenters. The zero-order chi connectivity index (χ0) is 18.9. The predicted molar refractivity (Wildman–Crippen MR) is 102 cm³/mol. The lowest BCUT2D eigenvalue weighted by atomic mass is 10.2. The maximum Gasteiger partial charge on any atom is 0.275 e. The van der Waals surface area contributed by atoms with Crippen molar-refractivity contribution in [1.29, 1.82) is 5.26 Å². The molecule has 0 saturated carbocycles. The summed E-state index contributed by atoms with van der Waals surface area (Å²) in [6.45, 7) is 0.522. The van der Waals surface area contributed by atoms with Gasteiger partial charge >= 0.3 is 0 Å². The number of aromatic nitrogens is 2. The number of amides is 1. The van der Waals surface area contributed by atoms with Gasteiger partial charge in [-0.25, -0.2) is 10.4 Å². The van der Waals surface area contributed by atoms with Crippen LogP contribution in [0.2, 0.25) is 0 Å². The maximum absolute atomic E-state index is 12.4. The number of benzene rings is 1. The normalized spacial score (nSPS) is 10.3. The van der Waals surface area contributed by atoms with Gasteiger partial charge in [-0.1, -0.05) is 12.1 Å². The van der Waals surface area contributed by atoms with Crippen molar-refractivity contribution in [3.8, 4) is 6.07 Å². The van der Waals surface area contributed by atoms with Crippen LogP contribution in [0.1, 0.15) is 27.0 Å². The van der Waals surface area contributed by atoms with Gasteiger partial charge in [0, 0.05) is 25.1 Å². The fraction of sp³-hybridized carbons (Fsp3) is 0.0500. The standard InChI is InChI=1S/C20H16N6O/c21-12-15-3-5-16(6-4-15)14-25-26-20(27)18-2-1-9-23-19(18)24-13-17-7-10-22-11-8-17/h1-11,14H,13H2,(H,23,24)(H,26,27)/b25-14+. The third-order valence-electron chi connectivity index (χ3n) is 3.68. The molecule has 7 nitrogen and oxygen atoms in total. The summed E-state index contributed by atoms with van der Waals surface area (Å²) >= 11 is 0. The molecule has 2 heterocycles. The van der Waals surface area contributed by atoms with Gasteiger partial charge in [0.05, 0.1) is 23.4 Å². The molecule has 3 aromatic rings. The Hall–Kier alpha value is -4.05. The van der Waals surface area contributed by atoms with E-state index in [0.717, 1.165) is 11.1 Å². The predicted octanol–water partition coefficient (Wildman–Crippen LogP) is 2.72. The molecular weight excluding hydrogens is 340 g/mol. The molecule has 2 aromatic heterocycles. The Labute approximate surface area is 156 Å². The number of rotatable bonds is 6. The van der Waals surface area contributed by atoms with E-state index in [4.69, 9.17) is 5.26 Å². The third kappa shape index (κ3) is 4.96. The van der Waals surface area contributed by atoms with Gasteiger partial charge in [0.25, 0.3) is 5.91 Å². The van der Waals surface area contributed by atoms with Gasteiger partial charge in [0.15, 0.2) is 0 Å². The monoisotopic (exact) mass is 356 g/mol. The highest BCUT2D eigenvalue weighted by Crippen LogP contribution is 2.12. The summed E-state index contributed by atoms with van der Waals surface area (Å²) in [4.78, 5) is 20.6. The minimum atomic E-state index is -0.370. The summed E-state index contributed by atoms with van der Waals surface area (Å²) in [6.07, 6.45) is 6.55. The molecule has 0 spiro atoms. The number of nitrogens with zero attached hydrogens (tertiary/aromatic N) is 4. The van der Waals surface area contributed by atoms with E-state index in [2.05, 4.69) is 25.8 Å². The summed E-state index contributed by atoms with van der Waals surface area (Å²) in [7, 11) is 0. The Kier molecular flexibility index (Phi) is 5.84. The van der Waals surface area contributed by atoms with E-state index in [1.807, 2.05) is 18.2 Å². The molecule has 0 aliphatic heterocycles. The van der Waals surface area contributed by atoms with Gasteiger partial charge in [-0.15, -0.1) is 0 Å². The minimum absolute atomic E-state index is 0.370. The second kappa shape index (κ2) is 8.87. The van der Waals surface area contributed by atoms with Crippen molar-refractivity contribution in [2.75, 3.05) is 5.32 Å². The number of nitrogens with one attached hydrogen (secondary N) is 2. The van der Waals surface area contributed by atoms with E-state index in [0.29, 0.717) is 23.5 Å². The van der Waals surface area contributed by atoms with Gasteiger partial charge in [-0.05, 0) is 47.5 Å². The second-order valence-electron chi connectivity index (χ2n) is 5.54. The molecule has 0 radical (unpaired) electrons. The molecule has 0 saturated heterocycles. The van der Waals surface area contributed by atoms with Crippen LogP contribution in [0.15, 0.2) is 72.2 Å². The van der Waals surface area contributed by atoms with Crippen LogP contribution in [0.5, 0.6) is 0 Å². The van der Waals surface area contributed by atoms with Crippen LogP contribution >= 0.6 is 0 Å².